The fourth-order valence-corrected chi connectivity index (χ4v) is 3.89. The van der Waals surface area contributed by atoms with Crippen LogP contribution in [-0.2, 0) is 6.42 Å². The zero-order chi connectivity index (χ0) is 12.0. The maximum absolute atomic E-state index is 13.3. The minimum Gasteiger partial charge on any atom is -0.325 e. The Morgan fingerprint density at radius 1 is 1.41 bits per heavy atom. The van der Waals surface area contributed by atoms with E-state index in [0.29, 0.717) is 5.92 Å². The van der Waals surface area contributed by atoms with Gasteiger partial charge in [-0.25, -0.2) is 4.39 Å². The maximum Gasteiger partial charge on any atom is 0.123 e. The van der Waals surface area contributed by atoms with Crippen LogP contribution in [0.25, 0.3) is 0 Å². The third-order valence-electron chi connectivity index (χ3n) is 4.85. The molecule has 0 heterocycles. The van der Waals surface area contributed by atoms with E-state index in [9.17, 15) is 4.39 Å². The monoisotopic (exact) mass is 233 g/mol. The SMILES string of the molecule is Cc1ccc(F)cc1CC1(N)CC2CCC1C2. The molecule has 0 aromatic heterocycles. The molecule has 2 bridgehead atoms. The number of rotatable bonds is 2. The van der Waals surface area contributed by atoms with Crippen LogP contribution in [0.4, 0.5) is 4.39 Å². The van der Waals surface area contributed by atoms with E-state index in [4.69, 9.17) is 5.73 Å². The molecule has 0 saturated heterocycles. The van der Waals surface area contributed by atoms with E-state index in [2.05, 4.69) is 0 Å². The van der Waals surface area contributed by atoms with E-state index in [1.807, 2.05) is 13.0 Å². The summed E-state index contributed by atoms with van der Waals surface area (Å²) in [7, 11) is 0. The Bertz CT molecular complexity index is 443. The molecule has 0 amide bonds. The highest BCUT2D eigenvalue weighted by atomic mass is 19.1. The zero-order valence-electron chi connectivity index (χ0n) is 10.4. The van der Waals surface area contributed by atoms with Gasteiger partial charge in [0.25, 0.3) is 0 Å². The van der Waals surface area contributed by atoms with Crippen LogP contribution >= 0.6 is 0 Å². The topological polar surface area (TPSA) is 26.0 Å². The highest BCUT2D eigenvalue weighted by Gasteiger charge is 2.48. The van der Waals surface area contributed by atoms with Crippen molar-refractivity contribution in [2.45, 2.75) is 44.6 Å². The Kier molecular flexibility index (Phi) is 2.51. The van der Waals surface area contributed by atoms with Crippen LogP contribution in [0.5, 0.6) is 0 Å². The molecule has 2 aliphatic rings. The van der Waals surface area contributed by atoms with E-state index < -0.39 is 0 Å². The van der Waals surface area contributed by atoms with E-state index in [1.165, 1.54) is 30.9 Å². The lowest BCUT2D eigenvalue weighted by Crippen LogP contribution is -2.47. The van der Waals surface area contributed by atoms with E-state index in [-0.39, 0.29) is 11.4 Å². The number of hydrogen-bond donors (Lipinski definition) is 1. The standard InChI is InChI=1S/C15H20FN/c1-10-2-5-14(16)7-12(10)9-15(17)8-11-3-4-13(15)6-11/h2,5,7,11,13H,3-4,6,8-9,17H2,1H3. The molecule has 17 heavy (non-hydrogen) atoms. The van der Waals surface area contributed by atoms with Gasteiger partial charge in [-0.15, -0.1) is 0 Å². The minimum absolute atomic E-state index is 0.0680. The molecule has 2 heteroatoms. The fourth-order valence-electron chi connectivity index (χ4n) is 3.89. The molecule has 2 saturated carbocycles. The van der Waals surface area contributed by atoms with Gasteiger partial charge in [0.05, 0.1) is 0 Å². The quantitative estimate of drug-likeness (QED) is 0.834. The van der Waals surface area contributed by atoms with Crippen molar-refractivity contribution in [1.82, 2.24) is 0 Å². The number of fused-ring (bicyclic) bond motifs is 2. The summed E-state index contributed by atoms with van der Waals surface area (Å²) in [5, 5.41) is 0. The largest absolute Gasteiger partial charge is 0.325 e. The van der Waals surface area contributed by atoms with Gasteiger partial charge in [-0.05, 0) is 67.7 Å². The van der Waals surface area contributed by atoms with Crippen molar-refractivity contribution in [3.8, 4) is 0 Å². The molecule has 2 aliphatic carbocycles. The smallest absolute Gasteiger partial charge is 0.123 e. The molecule has 1 aromatic carbocycles. The average molecular weight is 233 g/mol. The number of halogens is 1. The maximum atomic E-state index is 13.3. The third-order valence-corrected chi connectivity index (χ3v) is 4.85. The van der Waals surface area contributed by atoms with Gasteiger partial charge >= 0.3 is 0 Å². The molecule has 3 rings (SSSR count). The zero-order valence-corrected chi connectivity index (χ0v) is 10.4. The molecule has 0 radical (unpaired) electrons. The van der Waals surface area contributed by atoms with Gasteiger partial charge in [0, 0.05) is 5.54 Å². The van der Waals surface area contributed by atoms with Crippen molar-refractivity contribution in [2.24, 2.45) is 17.6 Å². The highest BCUT2D eigenvalue weighted by Crippen LogP contribution is 2.50. The van der Waals surface area contributed by atoms with Crippen LogP contribution in [0.3, 0.4) is 0 Å². The molecule has 1 nitrogen and oxygen atoms in total. The van der Waals surface area contributed by atoms with Crippen molar-refractivity contribution in [2.75, 3.05) is 0 Å². The number of benzene rings is 1. The van der Waals surface area contributed by atoms with E-state index in [0.717, 1.165) is 24.3 Å². The lowest BCUT2D eigenvalue weighted by Gasteiger charge is -2.34. The lowest BCUT2D eigenvalue weighted by molar-refractivity contribution is 0.269. The minimum atomic E-state index is -0.141. The first-order valence-electron chi connectivity index (χ1n) is 6.61. The number of nitrogens with two attached hydrogens (primary N) is 1. The van der Waals surface area contributed by atoms with Gasteiger partial charge < -0.3 is 5.73 Å². The van der Waals surface area contributed by atoms with Crippen molar-refractivity contribution < 1.29 is 4.39 Å². The Balaban J connectivity index is 1.85. The molecule has 0 aliphatic heterocycles. The van der Waals surface area contributed by atoms with Gasteiger partial charge in [0.2, 0.25) is 0 Å². The van der Waals surface area contributed by atoms with Crippen LogP contribution < -0.4 is 5.73 Å². The second kappa shape index (κ2) is 3.81. The molecule has 3 unspecified atom stereocenters. The molecule has 92 valence electrons. The van der Waals surface area contributed by atoms with Gasteiger partial charge in [-0.3, -0.25) is 0 Å². The van der Waals surface area contributed by atoms with Crippen LogP contribution in [0.15, 0.2) is 18.2 Å². The summed E-state index contributed by atoms with van der Waals surface area (Å²) in [6.07, 6.45) is 5.90. The van der Waals surface area contributed by atoms with Gasteiger partial charge in [-0.1, -0.05) is 12.5 Å². The van der Waals surface area contributed by atoms with Crippen molar-refractivity contribution in [1.29, 1.82) is 0 Å². The Hall–Kier alpha value is -0.890. The first-order chi connectivity index (χ1) is 8.07. The molecule has 1 aromatic rings. The molecule has 2 fully saturated rings. The van der Waals surface area contributed by atoms with Gasteiger partial charge in [0.15, 0.2) is 0 Å². The number of aryl methyl sites for hydroxylation is 1. The first kappa shape index (κ1) is 11.2. The van der Waals surface area contributed by atoms with Crippen LogP contribution in [0.2, 0.25) is 0 Å². The second-order valence-electron chi connectivity index (χ2n) is 6.06. The summed E-state index contributed by atoms with van der Waals surface area (Å²) in [4.78, 5) is 0. The Labute approximate surface area is 102 Å². The van der Waals surface area contributed by atoms with Gasteiger partial charge in [-0.2, -0.15) is 0 Å². The molecular weight excluding hydrogens is 213 g/mol. The summed E-state index contributed by atoms with van der Waals surface area (Å²) in [5.74, 6) is 1.35. The van der Waals surface area contributed by atoms with Crippen LogP contribution in [-0.4, -0.2) is 5.54 Å². The first-order valence-corrected chi connectivity index (χ1v) is 6.61. The summed E-state index contributed by atoms with van der Waals surface area (Å²) < 4.78 is 13.3. The molecular formula is C15H20FN. The predicted molar refractivity (Wildman–Crippen MR) is 67.2 cm³/mol. The Morgan fingerprint density at radius 2 is 2.24 bits per heavy atom. The molecule has 0 spiro atoms. The second-order valence-corrected chi connectivity index (χ2v) is 6.06. The fraction of sp³-hybridized carbons (Fsp3) is 0.600. The van der Waals surface area contributed by atoms with Crippen molar-refractivity contribution in [3.63, 3.8) is 0 Å². The van der Waals surface area contributed by atoms with Gasteiger partial charge in [0.1, 0.15) is 5.82 Å². The Morgan fingerprint density at radius 3 is 2.88 bits per heavy atom. The van der Waals surface area contributed by atoms with E-state index >= 15 is 0 Å². The number of hydrogen-bond acceptors (Lipinski definition) is 1. The highest BCUT2D eigenvalue weighted by molar-refractivity contribution is 5.29. The summed E-state index contributed by atoms with van der Waals surface area (Å²) in [5.41, 5.74) is 8.77. The predicted octanol–water partition coefficient (Wildman–Crippen LogP) is 3.19. The summed E-state index contributed by atoms with van der Waals surface area (Å²) in [6, 6.07) is 5.06. The van der Waals surface area contributed by atoms with Crippen LogP contribution in [0.1, 0.15) is 36.8 Å². The average Bonchev–Trinajstić information content (AvgIpc) is 2.83. The van der Waals surface area contributed by atoms with E-state index in [1.54, 1.807) is 6.07 Å². The summed E-state index contributed by atoms with van der Waals surface area (Å²) in [6.45, 7) is 2.05. The van der Waals surface area contributed by atoms with Crippen LogP contribution in [0, 0.1) is 24.6 Å². The van der Waals surface area contributed by atoms with Crippen molar-refractivity contribution >= 4 is 0 Å². The third kappa shape index (κ3) is 1.89. The lowest BCUT2D eigenvalue weighted by atomic mass is 9.77. The molecule has 3 atom stereocenters. The summed E-state index contributed by atoms with van der Waals surface area (Å²) >= 11 is 0. The molecule has 2 N–H and O–H groups in total. The normalized spacial score (nSPS) is 35.5. The van der Waals surface area contributed by atoms with Crippen molar-refractivity contribution in [3.05, 3.63) is 35.1 Å².